The lowest BCUT2D eigenvalue weighted by molar-refractivity contribution is -0.156. The van der Waals surface area contributed by atoms with Crippen LogP contribution >= 0.6 is 0 Å². The van der Waals surface area contributed by atoms with E-state index in [2.05, 4.69) is 10.6 Å². The lowest BCUT2D eigenvalue weighted by atomic mass is 10.1. The molecule has 3 N–H and O–H groups in total. The van der Waals surface area contributed by atoms with Crippen molar-refractivity contribution in [2.24, 2.45) is 0 Å². The highest BCUT2D eigenvalue weighted by molar-refractivity contribution is 5.92. The topological polar surface area (TPSA) is 131 Å². The van der Waals surface area contributed by atoms with Gasteiger partial charge in [0.05, 0.1) is 6.42 Å². The number of alkyl carbamates (subject to hydrolysis) is 1. The number of carbonyl (C=O) groups is 4. The van der Waals surface area contributed by atoms with Gasteiger partial charge in [0.2, 0.25) is 5.91 Å². The van der Waals surface area contributed by atoms with Gasteiger partial charge in [0.1, 0.15) is 23.3 Å². The number of carboxylic acid groups (broad SMARTS) is 1. The number of hydrogen-bond acceptors (Lipinski definition) is 6. The van der Waals surface area contributed by atoms with Crippen molar-refractivity contribution in [2.75, 3.05) is 0 Å². The van der Waals surface area contributed by atoms with Gasteiger partial charge >= 0.3 is 18.0 Å². The van der Waals surface area contributed by atoms with E-state index in [1.54, 1.807) is 71.9 Å². The van der Waals surface area contributed by atoms with Crippen molar-refractivity contribution in [1.29, 1.82) is 0 Å². The molecule has 1 rings (SSSR count). The monoisotopic (exact) mass is 436 g/mol. The lowest BCUT2D eigenvalue weighted by Crippen LogP contribution is -2.53. The second-order valence-corrected chi connectivity index (χ2v) is 9.08. The van der Waals surface area contributed by atoms with Gasteiger partial charge in [-0.1, -0.05) is 30.3 Å². The number of ether oxygens (including phenoxy) is 2. The summed E-state index contributed by atoms with van der Waals surface area (Å²) in [7, 11) is 0. The number of esters is 1. The fourth-order valence-corrected chi connectivity index (χ4v) is 2.53. The molecule has 2 atom stereocenters. The fourth-order valence-electron chi connectivity index (χ4n) is 2.53. The molecule has 0 aliphatic carbocycles. The maximum absolute atomic E-state index is 12.8. The van der Waals surface area contributed by atoms with E-state index in [9.17, 15) is 24.3 Å². The molecule has 0 aliphatic rings. The van der Waals surface area contributed by atoms with Crippen LogP contribution in [0.25, 0.3) is 0 Å². The summed E-state index contributed by atoms with van der Waals surface area (Å²) in [5, 5.41) is 14.2. The van der Waals surface area contributed by atoms with Crippen LogP contribution in [0.15, 0.2) is 30.3 Å². The summed E-state index contributed by atoms with van der Waals surface area (Å²) in [4.78, 5) is 48.9. The first-order chi connectivity index (χ1) is 14.2. The van der Waals surface area contributed by atoms with Crippen molar-refractivity contribution < 1.29 is 33.8 Å². The zero-order valence-electron chi connectivity index (χ0n) is 18.9. The predicted octanol–water partition coefficient (Wildman–Crippen LogP) is 2.42. The number of benzene rings is 1. The van der Waals surface area contributed by atoms with Gasteiger partial charge in [0.15, 0.2) is 0 Å². The van der Waals surface area contributed by atoms with Crippen LogP contribution in [0.5, 0.6) is 0 Å². The Morgan fingerprint density at radius 1 is 0.871 bits per heavy atom. The summed E-state index contributed by atoms with van der Waals surface area (Å²) in [6.07, 6.45) is -1.36. The van der Waals surface area contributed by atoms with Gasteiger partial charge in [-0.2, -0.15) is 0 Å². The van der Waals surface area contributed by atoms with Gasteiger partial charge in [-0.25, -0.2) is 9.59 Å². The molecule has 0 unspecified atom stereocenters. The van der Waals surface area contributed by atoms with Crippen molar-refractivity contribution >= 4 is 23.9 Å². The number of aliphatic carboxylic acids is 1. The maximum atomic E-state index is 12.8. The van der Waals surface area contributed by atoms with E-state index in [1.165, 1.54) is 0 Å². The Balaban J connectivity index is 2.96. The third kappa shape index (κ3) is 11.0. The summed E-state index contributed by atoms with van der Waals surface area (Å²) in [5.41, 5.74) is -0.909. The van der Waals surface area contributed by atoms with E-state index in [4.69, 9.17) is 9.47 Å². The summed E-state index contributed by atoms with van der Waals surface area (Å²) in [6.45, 7) is 9.95. The first kappa shape index (κ1) is 25.9. The zero-order chi connectivity index (χ0) is 23.8. The predicted molar refractivity (Wildman–Crippen MR) is 113 cm³/mol. The van der Waals surface area contributed by atoms with Gasteiger partial charge < -0.3 is 25.2 Å². The molecule has 2 amide bonds. The third-order valence-electron chi connectivity index (χ3n) is 3.70. The van der Waals surface area contributed by atoms with Crippen molar-refractivity contribution in [3.05, 3.63) is 35.9 Å². The Kier molecular flexibility index (Phi) is 9.02. The maximum Gasteiger partial charge on any atom is 0.408 e. The second-order valence-electron chi connectivity index (χ2n) is 9.08. The molecule has 0 bridgehead atoms. The van der Waals surface area contributed by atoms with Crippen molar-refractivity contribution in [2.45, 2.75) is 77.7 Å². The van der Waals surface area contributed by atoms with Gasteiger partial charge in [0, 0.05) is 6.42 Å². The number of nitrogens with one attached hydrogen (secondary N) is 2. The van der Waals surface area contributed by atoms with Crippen LogP contribution in [0.3, 0.4) is 0 Å². The largest absolute Gasteiger partial charge is 0.480 e. The number of amides is 2. The number of carbonyl (C=O) groups excluding carboxylic acids is 3. The summed E-state index contributed by atoms with van der Waals surface area (Å²) in [6, 6.07) is 6.15. The van der Waals surface area contributed by atoms with Crippen LogP contribution in [-0.4, -0.2) is 52.3 Å². The lowest BCUT2D eigenvalue weighted by Gasteiger charge is -2.25. The van der Waals surface area contributed by atoms with Gasteiger partial charge in [-0.15, -0.1) is 0 Å². The van der Waals surface area contributed by atoms with E-state index in [-0.39, 0.29) is 6.42 Å². The van der Waals surface area contributed by atoms with Crippen molar-refractivity contribution in [1.82, 2.24) is 10.6 Å². The smallest absolute Gasteiger partial charge is 0.408 e. The normalized spacial score (nSPS) is 13.5. The third-order valence-corrected chi connectivity index (χ3v) is 3.70. The van der Waals surface area contributed by atoms with Crippen LogP contribution in [0, 0.1) is 0 Å². The highest BCUT2D eigenvalue weighted by atomic mass is 16.6. The fraction of sp³-hybridized carbons (Fsp3) is 0.545. The van der Waals surface area contributed by atoms with Gasteiger partial charge in [0.25, 0.3) is 0 Å². The number of carboxylic acids is 1. The van der Waals surface area contributed by atoms with E-state index >= 15 is 0 Å². The van der Waals surface area contributed by atoms with E-state index < -0.39 is 53.6 Å². The van der Waals surface area contributed by atoms with Gasteiger partial charge in [-0.3, -0.25) is 9.59 Å². The molecule has 0 aliphatic heterocycles. The summed E-state index contributed by atoms with van der Waals surface area (Å²) < 4.78 is 10.4. The molecular weight excluding hydrogens is 404 g/mol. The molecule has 0 saturated carbocycles. The molecule has 172 valence electrons. The van der Waals surface area contributed by atoms with Crippen LogP contribution in [0.2, 0.25) is 0 Å². The molecule has 0 spiro atoms. The van der Waals surface area contributed by atoms with Crippen molar-refractivity contribution in [3.8, 4) is 0 Å². The van der Waals surface area contributed by atoms with Crippen LogP contribution < -0.4 is 10.6 Å². The molecule has 1 aromatic rings. The Morgan fingerprint density at radius 2 is 1.42 bits per heavy atom. The molecule has 31 heavy (non-hydrogen) atoms. The highest BCUT2D eigenvalue weighted by Crippen LogP contribution is 2.12. The minimum Gasteiger partial charge on any atom is -0.480 e. The molecule has 1 aromatic carbocycles. The molecule has 0 heterocycles. The highest BCUT2D eigenvalue weighted by Gasteiger charge is 2.31. The van der Waals surface area contributed by atoms with Crippen LogP contribution in [-0.2, 0) is 30.3 Å². The molecule has 0 saturated heterocycles. The second kappa shape index (κ2) is 10.8. The van der Waals surface area contributed by atoms with Crippen LogP contribution in [0.1, 0.15) is 53.5 Å². The Morgan fingerprint density at radius 3 is 1.90 bits per heavy atom. The Bertz CT molecular complexity index is 749. The quantitative estimate of drug-likeness (QED) is 0.533. The molecule has 0 fully saturated rings. The Hall–Kier alpha value is -3.10. The average Bonchev–Trinajstić information content (AvgIpc) is 2.58. The molecular formula is C22H32N2O7. The SMILES string of the molecule is CC(C)(C)OC(=O)C[C@H](NC(=O)OC(C)(C)C)C(=O)N[C@@H](Cc1ccccc1)C(=O)O. The first-order valence-corrected chi connectivity index (χ1v) is 9.95. The van der Waals surface area contributed by atoms with Crippen LogP contribution in [0.4, 0.5) is 4.79 Å². The van der Waals surface area contributed by atoms with Gasteiger partial charge in [-0.05, 0) is 47.1 Å². The number of hydrogen-bond donors (Lipinski definition) is 3. The standard InChI is InChI=1S/C22H32N2O7/c1-21(2,3)30-17(25)13-15(24-20(29)31-22(4,5)6)18(26)23-16(19(27)28)12-14-10-8-7-9-11-14/h7-11,15-16H,12-13H2,1-6H3,(H,23,26)(H,24,29)(H,27,28)/t15-,16-/m0/s1. The van der Waals surface area contributed by atoms with E-state index in [0.717, 1.165) is 0 Å². The minimum absolute atomic E-state index is 0.0352. The van der Waals surface area contributed by atoms with E-state index in [1.807, 2.05) is 0 Å². The van der Waals surface area contributed by atoms with Crippen molar-refractivity contribution in [3.63, 3.8) is 0 Å². The minimum atomic E-state index is -1.37. The van der Waals surface area contributed by atoms with E-state index in [0.29, 0.717) is 5.56 Å². The zero-order valence-corrected chi connectivity index (χ0v) is 18.9. The molecule has 9 heteroatoms. The molecule has 9 nitrogen and oxygen atoms in total. The Labute approximate surface area is 182 Å². The molecule has 0 radical (unpaired) electrons. The average molecular weight is 437 g/mol. The molecule has 0 aromatic heterocycles. The first-order valence-electron chi connectivity index (χ1n) is 9.95. The summed E-state index contributed by atoms with van der Waals surface area (Å²) in [5.74, 6) is -2.80. The number of rotatable bonds is 8. The summed E-state index contributed by atoms with van der Waals surface area (Å²) >= 11 is 0.